The van der Waals surface area contributed by atoms with Crippen LogP contribution in [0.2, 0.25) is 0 Å². The van der Waals surface area contributed by atoms with Gasteiger partial charge in [0.15, 0.2) is 0 Å². The summed E-state index contributed by atoms with van der Waals surface area (Å²) in [5, 5.41) is 0. The van der Waals surface area contributed by atoms with Crippen LogP contribution in [-0.2, 0) is 0 Å². The van der Waals surface area contributed by atoms with Crippen molar-refractivity contribution in [2.45, 2.75) is 0 Å². The maximum atomic E-state index is 0. The fourth-order valence-electron chi connectivity index (χ4n) is 0. The number of rotatable bonds is 0. The first kappa shape index (κ1) is 113. The second kappa shape index (κ2) is 48.2. The van der Waals surface area contributed by atoms with Crippen LogP contribution in [-0.4, -0.2) is 0 Å². The van der Waals surface area contributed by atoms with E-state index >= 15 is 0 Å². The van der Waals surface area contributed by atoms with Crippen LogP contribution >= 0.6 is 0 Å². The third kappa shape index (κ3) is 14.5. The monoisotopic (exact) mass is 295 g/mol. The van der Waals surface area contributed by atoms with Gasteiger partial charge in [0.1, 0.15) is 0 Å². The zero-order valence-electron chi connectivity index (χ0n) is 1.54. The summed E-state index contributed by atoms with van der Waals surface area (Å²) < 4.78 is 0. The Kier molecular flexibility index (Phi) is 1360. The van der Waals surface area contributed by atoms with Gasteiger partial charge in [-0.05, 0) is 0 Å². The largest absolute Gasteiger partial charge is 3.00 e. The summed E-state index contributed by atoms with van der Waals surface area (Å²) in [6, 6.07) is 0. The molecule has 0 aliphatic heterocycles. The number of halogens is 3. The van der Waals surface area contributed by atoms with E-state index in [1.807, 2.05) is 0 Å². The van der Waals surface area contributed by atoms with Crippen LogP contribution in [0.15, 0.2) is 0 Å². The van der Waals surface area contributed by atoms with Gasteiger partial charge in [0.2, 0.25) is 0 Å². The molecule has 1 radical (unpaired) electrons. The average Bonchev–Trinajstić information content (AvgIpc) is 0. The van der Waals surface area contributed by atoms with Gasteiger partial charge in [0.05, 0.1) is 0 Å². The van der Waals surface area contributed by atoms with E-state index in [2.05, 4.69) is 0 Å². The van der Waals surface area contributed by atoms with E-state index in [0.717, 1.165) is 0 Å². The van der Waals surface area contributed by atoms with E-state index in [1.54, 1.807) is 0 Å². The molecule has 0 bridgehead atoms. The molecule has 0 nitrogen and oxygen atoms in total. The molecule has 0 saturated carbocycles. The Balaban J connectivity index is 0. The van der Waals surface area contributed by atoms with Gasteiger partial charge >= 0.3 is 29.2 Å². The van der Waals surface area contributed by atoms with Crippen molar-refractivity contribution in [1.29, 1.82) is 0 Å². The van der Waals surface area contributed by atoms with Gasteiger partial charge in [-0.25, -0.2) is 0 Å². The summed E-state index contributed by atoms with van der Waals surface area (Å²) in [6.07, 6.45) is 0. The summed E-state index contributed by atoms with van der Waals surface area (Å²) in [5.41, 5.74) is 0. The second-order valence-electron chi connectivity index (χ2n) is 0. The molecule has 0 unspecified atom stereocenters. The number of hydrogen-bond acceptors (Lipinski definition) is 0. The third-order valence-corrected chi connectivity index (χ3v) is 0. The first-order chi connectivity index (χ1) is 0. The zero-order chi connectivity index (χ0) is 0. The summed E-state index contributed by atoms with van der Waals surface area (Å²) in [5.74, 6) is 0. The van der Waals surface area contributed by atoms with Crippen LogP contribution in [0.5, 0.6) is 0 Å². The molecule has 0 aromatic carbocycles. The average molecular weight is 301 g/mol. The second-order valence-corrected chi connectivity index (χ2v) is 0. The normalized spacial score (nSPS) is 0. The predicted molar refractivity (Wildman–Crippen MR) is 0 cm³/mol. The van der Waals surface area contributed by atoms with Crippen LogP contribution in [0, 0.1) is 29.2 Å². The fraction of sp³-hybridized carbons (Fsp3) is 0. The molecule has 0 aromatic rings. The molecule has 0 N–H and O–H groups in total. The molecular formula is F3Pu. The van der Waals surface area contributed by atoms with Crippen LogP contribution < -0.4 is 14.1 Å². The van der Waals surface area contributed by atoms with Crippen molar-refractivity contribution in [3.05, 3.63) is 0 Å². The topological polar surface area (TPSA) is 0 Å². The summed E-state index contributed by atoms with van der Waals surface area (Å²) >= 11 is 0. The first-order valence-electron chi connectivity index (χ1n) is 0. The van der Waals surface area contributed by atoms with E-state index in [1.165, 1.54) is 0 Å². The standard InChI is InChI=1S/3FH.Pu/h3*1H;/q;;;+3/p-3. The van der Waals surface area contributed by atoms with Gasteiger partial charge in [-0.3, -0.25) is 0 Å². The fourth-order valence-corrected chi connectivity index (χ4v) is 0. The summed E-state index contributed by atoms with van der Waals surface area (Å²) in [7, 11) is 0. The Morgan fingerprint density at radius 2 is 0.500 bits per heavy atom. The smallest absolute Gasteiger partial charge is 1.00 e. The Labute approximate surface area is 43.6 Å². The van der Waals surface area contributed by atoms with Crippen molar-refractivity contribution in [2.75, 3.05) is 0 Å². The third-order valence-electron chi connectivity index (χ3n) is 0. The Hall–Kier alpha value is 0.777. The summed E-state index contributed by atoms with van der Waals surface area (Å²) in [4.78, 5) is 0. The molecule has 4 heavy (non-hydrogen) atoms. The molecular weight excluding hydrogens is 301 g/mol. The van der Waals surface area contributed by atoms with Gasteiger partial charge in [-0.2, -0.15) is 0 Å². The van der Waals surface area contributed by atoms with Crippen molar-refractivity contribution in [3.63, 3.8) is 0 Å². The zero-order valence-corrected chi connectivity index (χ0v) is 4.94. The molecule has 4 heteroatoms. The minimum atomic E-state index is 0. The van der Waals surface area contributed by atoms with Crippen molar-refractivity contribution in [2.24, 2.45) is 0 Å². The van der Waals surface area contributed by atoms with E-state index in [4.69, 9.17) is 0 Å². The van der Waals surface area contributed by atoms with E-state index in [0.29, 0.717) is 0 Å². The van der Waals surface area contributed by atoms with Gasteiger partial charge in [0, 0.05) is 0 Å². The Bertz CT molecular complexity index is 3.25. The molecule has 0 atom stereocenters. The van der Waals surface area contributed by atoms with Gasteiger partial charge in [0.25, 0.3) is 0 Å². The molecule has 0 heterocycles. The van der Waals surface area contributed by atoms with Gasteiger partial charge in [-0.15, -0.1) is 0 Å². The Morgan fingerprint density at radius 1 is 0.500 bits per heavy atom. The molecule has 0 saturated heterocycles. The molecule has 0 aliphatic rings. The molecule has 0 aliphatic carbocycles. The maximum Gasteiger partial charge on any atom is 3.00 e. The quantitative estimate of drug-likeness (QED) is 0.417. The van der Waals surface area contributed by atoms with Crippen molar-refractivity contribution >= 4 is 0 Å². The first-order valence-corrected chi connectivity index (χ1v) is 0. The molecule has 0 fully saturated rings. The van der Waals surface area contributed by atoms with Crippen LogP contribution in [0.4, 0.5) is 0 Å². The maximum absolute atomic E-state index is 0. The predicted octanol–water partition coefficient (Wildman–Crippen LogP) is -8.99. The molecule has 0 aromatic heterocycles. The Morgan fingerprint density at radius 3 is 0.500 bits per heavy atom. The molecule has 0 amide bonds. The minimum Gasteiger partial charge on any atom is -1.00 e. The summed E-state index contributed by atoms with van der Waals surface area (Å²) in [6.45, 7) is 0. The van der Waals surface area contributed by atoms with Crippen LogP contribution in [0.25, 0.3) is 0 Å². The van der Waals surface area contributed by atoms with E-state index < -0.39 is 0 Å². The van der Waals surface area contributed by atoms with Crippen molar-refractivity contribution < 1.29 is 43.3 Å². The molecule has 27 valence electrons. The number of hydrogen-bond donors (Lipinski definition) is 0. The van der Waals surface area contributed by atoms with Crippen molar-refractivity contribution in [3.8, 4) is 0 Å². The minimum absolute atomic E-state index is 0. The SMILES string of the molecule is [F-].[F-].[F-].[Pu+3]. The molecule has 0 rings (SSSR count). The van der Waals surface area contributed by atoms with Gasteiger partial charge < -0.3 is 14.1 Å². The molecule has 0 spiro atoms. The van der Waals surface area contributed by atoms with E-state index in [9.17, 15) is 0 Å². The van der Waals surface area contributed by atoms with E-state index in [-0.39, 0.29) is 43.3 Å². The van der Waals surface area contributed by atoms with Crippen molar-refractivity contribution in [1.82, 2.24) is 0 Å². The van der Waals surface area contributed by atoms with Crippen LogP contribution in [0.1, 0.15) is 0 Å². The van der Waals surface area contributed by atoms with Crippen LogP contribution in [0.3, 0.4) is 0 Å². The van der Waals surface area contributed by atoms with Gasteiger partial charge in [-0.1, -0.05) is 0 Å².